The van der Waals surface area contributed by atoms with Crippen LogP contribution in [0, 0.1) is 5.92 Å². The molecule has 1 aliphatic heterocycles. The quantitative estimate of drug-likeness (QED) is 0.791. The van der Waals surface area contributed by atoms with Crippen LogP contribution in [0.25, 0.3) is 0 Å². The zero-order valence-electron chi connectivity index (χ0n) is 14.7. The van der Waals surface area contributed by atoms with Crippen LogP contribution in [-0.4, -0.2) is 47.4 Å². The van der Waals surface area contributed by atoms with Gasteiger partial charge in [0.2, 0.25) is 11.8 Å². The van der Waals surface area contributed by atoms with Gasteiger partial charge in [0, 0.05) is 32.0 Å². The number of carbonyl (C=O) groups excluding carboxylic acids is 2. The third-order valence-electron chi connectivity index (χ3n) is 4.60. The molecule has 6 nitrogen and oxygen atoms in total. The summed E-state index contributed by atoms with van der Waals surface area (Å²) >= 11 is 0. The number of hydrogen-bond acceptors (Lipinski definition) is 3. The maximum atomic E-state index is 12.2. The number of hydrogen-bond donors (Lipinski definition) is 2. The summed E-state index contributed by atoms with van der Waals surface area (Å²) in [6.45, 7) is 3.84. The van der Waals surface area contributed by atoms with Gasteiger partial charge in [-0.1, -0.05) is 19.1 Å². The number of carboxylic acids is 1. The molecule has 0 aromatic heterocycles. The van der Waals surface area contributed by atoms with E-state index in [1.54, 1.807) is 24.3 Å². The number of piperidine rings is 1. The first-order valence-corrected chi connectivity index (χ1v) is 8.89. The van der Waals surface area contributed by atoms with Gasteiger partial charge in [-0.2, -0.15) is 0 Å². The molecule has 6 heteroatoms. The minimum absolute atomic E-state index is 0.0277. The first-order valence-electron chi connectivity index (χ1n) is 8.89. The number of nitrogens with one attached hydrogen (secondary N) is 1. The van der Waals surface area contributed by atoms with E-state index in [4.69, 9.17) is 5.11 Å². The van der Waals surface area contributed by atoms with E-state index in [0.29, 0.717) is 45.3 Å². The number of nitrogens with zero attached hydrogens (tertiary/aromatic N) is 1. The number of aromatic carboxylic acids is 1. The third kappa shape index (κ3) is 5.59. The van der Waals surface area contributed by atoms with Crippen LogP contribution in [-0.2, 0) is 16.0 Å². The lowest BCUT2D eigenvalue weighted by Gasteiger charge is -2.31. The van der Waals surface area contributed by atoms with Crippen molar-refractivity contribution in [3.63, 3.8) is 0 Å². The third-order valence-corrected chi connectivity index (χ3v) is 4.60. The fourth-order valence-corrected chi connectivity index (χ4v) is 3.05. The van der Waals surface area contributed by atoms with Gasteiger partial charge in [-0.3, -0.25) is 9.59 Å². The number of benzene rings is 1. The van der Waals surface area contributed by atoms with Crippen molar-refractivity contribution in [2.24, 2.45) is 5.92 Å². The van der Waals surface area contributed by atoms with E-state index in [1.807, 2.05) is 11.8 Å². The van der Waals surface area contributed by atoms with Gasteiger partial charge in [0.05, 0.1) is 5.56 Å². The number of rotatable bonds is 7. The van der Waals surface area contributed by atoms with Crippen LogP contribution in [0.4, 0.5) is 0 Å². The first-order chi connectivity index (χ1) is 12.0. The highest BCUT2D eigenvalue weighted by molar-refractivity contribution is 5.87. The molecule has 0 aliphatic carbocycles. The molecular weight excluding hydrogens is 320 g/mol. The lowest BCUT2D eigenvalue weighted by atomic mass is 9.95. The minimum Gasteiger partial charge on any atom is -0.478 e. The first kappa shape index (κ1) is 19.0. The van der Waals surface area contributed by atoms with Gasteiger partial charge in [-0.15, -0.1) is 0 Å². The maximum Gasteiger partial charge on any atom is 0.335 e. The van der Waals surface area contributed by atoms with Gasteiger partial charge in [0.1, 0.15) is 0 Å². The fraction of sp³-hybridized carbons (Fsp3) is 0.526. The van der Waals surface area contributed by atoms with E-state index in [1.165, 1.54) is 0 Å². The Morgan fingerprint density at radius 3 is 2.36 bits per heavy atom. The molecule has 2 N–H and O–H groups in total. The van der Waals surface area contributed by atoms with E-state index >= 15 is 0 Å². The molecule has 2 rings (SSSR count). The largest absolute Gasteiger partial charge is 0.478 e. The molecule has 1 saturated heterocycles. The van der Waals surface area contributed by atoms with Crippen LogP contribution in [0.2, 0.25) is 0 Å². The van der Waals surface area contributed by atoms with Crippen molar-refractivity contribution >= 4 is 17.8 Å². The molecule has 2 amide bonds. The summed E-state index contributed by atoms with van der Waals surface area (Å²) in [6, 6.07) is 6.69. The highest BCUT2D eigenvalue weighted by atomic mass is 16.4. The zero-order valence-corrected chi connectivity index (χ0v) is 14.7. The summed E-state index contributed by atoms with van der Waals surface area (Å²) in [5.74, 6) is -0.736. The van der Waals surface area contributed by atoms with E-state index < -0.39 is 5.97 Å². The Balaban J connectivity index is 1.70. The second kappa shape index (κ2) is 9.20. The van der Waals surface area contributed by atoms with Gasteiger partial charge in [0.15, 0.2) is 0 Å². The van der Waals surface area contributed by atoms with E-state index in [2.05, 4.69) is 5.32 Å². The Morgan fingerprint density at radius 2 is 1.80 bits per heavy atom. The number of amides is 2. The van der Waals surface area contributed by atoms with Gasteiger partial charge in [0.25, 0.3) is 0 Å². The lowest BCUT2D eigenvalue weighted by molar-refractivity contribution is -0.135. The van der Waals surface area contributed by atoms with Gasteiger partial charge < -0.3 is 15.3 Å². The fourth-order valence-electron chi connectivity index (χ4n) is 3.05. The molecule has 1 aromatic rings. The molecule has 1 aromatic carbocycles. The van der Waals surface area contributed by atoms with Crippen molar-refractivity contribution in [1.29, 1.82) is 0 Å². The average Bonchev–Trinajstić information content (AvgIpc) is 2.62. The van der Waals surface area contributed by atoms with Gasteiger partial charge >= 0.3 is 5.97 Å². The molecule has 0 bridgehead atoms. The van der Waals surface area contributed by atoms with Crippen molar-refractivity contribution in [3.05, 3.63) is 35.4 Å². The standard InChI is InChI=1S/C19H26N2O4/c1-2-3-17(22)21-12-9-15(10-13-21)18(23)20-11-8-14-4-6-16(7-5-14)19(24)25/h4-7,15H,2-3,8-13H2,1H3,(H,20,23)(H,24,25). The Bertz CT molecular complexity index is 604. The Morgan fingerprint density at radius 1 is 1.16 bits per heavy atom. The van der Waals surface area contributed by atoms with Gasteiger partial charge in [-0.25, -0.2) is 4.79 Å². The molecule has 0 atom stereocenters. The Hall–Kier alpha value is -2.37. The summed E-state index contributed by atoms with van der Waals surface area (Å²) in [5, 5.41) is 11.8. The summed E-state index contributed by atoms with van der Waals surface area (Å²) in [4.78, 5) is 36.8. The molecule has 0 radical (unpaired) electrons. The lowest BCUT2D eigenvalue weighted by Crippen LogP contribution is -2.43. The highest BCUT2D eigenvalue weighted by Crippen LogP contribution is 2.18. The van der Waals surface area contributed by atoms with Crippen molar-refractivity contribution in [3.8, 4) is 0 Å². The number of carboxylic acid groups (broad SMARTS) is 1. The Labute approximate surface area is 148 Å². The maximum absolute atomic E-state index is 12.2. The molecule has 1 heterocycles. The van der Waals surface area contributed by atoms with Crippen LogP contribution in [0.3, 0.4) is 0 Å². The Kier molecular flexibility index (Phi) is 6.98. The summed E-state index contributed by atoms with van der Waals surface area (Å²) in [6.07, 6.45) is 3.53. The van der Waals surface area contributed by atoms with Crippen LogP contribution in [0.1, 0.15) is 48.5 Å². The van der Waals surface area contributed by atoms with Crippen LogP contribution >= 0.6 is 0 Å². The number of carbonyl (C=O) groups is 3. The molecule has 0 spiro atoms. The normalized spacial score (nSPS) is 15.0. The predicted molar refractivity (Wildman–Crippen MR) is 94.3 cm³/mol. The summed E-state index contributed by atoms with van der Waals surface area (Å²) in [7, 11) is 0. The molecule has 1 aliphatic rings. The predicted octanol–water partition coefficient (Wildman–Crippen LogP) is 2.08. The van der Waals surface area contributed by atoms with Crippen molar-refractivity contribution in [2.45, 2.75) is 39.0 Å². The van der Waals surface area contributed by atoms with Crippen LogP contribution < -0.4 is 5.32 Å². The molecule has 0 unspecified atom stereocenters. The summed E-state index contributed by atoms with van der Waals surface area (Å²) < 4.78 is 0. The van der Waals surface area contributed by atoms with Gasteiger partial charge in [-0.05, 0) is 43.4 Å². The molecule has 25 heavy (non-hydrogen) atoms. The average molecular weight is 346 g/mol. The van der Waals surface area contributed by atoms with Crippen molar-refractivity contribution < 1.29 is 19.5 Å². The van der Waals surface area contributed by atoms with E-state index in [-0.39, 0.29) is 23.3 Å². The monoisotopic (exact) mass is 346 g/mol. The zero-order chi connectivity index (χ0) is 18.2. The second-order valence-corrected chi connectivity index (χ2v) is 6.45. The van der Waals surface area contributed by atoms with E-state index in [9.17, 15) is 14.4 Å². The van der Waals surface area contributed by atoms with Crippen molar-refractivity contribution in [1.82, 2.24) is 10.2 Å². The number of likely N-dealkylation sites (tertiary alicyclic amines) is 1. The molecule has 1 fully saturated rings. The SMILES string of the molecule is CCCC(=O)N1CCC(C(=O)NCCc2ccc(C(=O)O)cc2)CC1. The molecule has 0 saturated carbocycles. The van der Waals surface area contributed by atoms with Crippen LogP contribution in [0.15, 0.2) is 24.3 Å². The topological polar surface area (TPSA) is 86.7 Å². The second-order valence-electron chi connectivity index (χ2n) is 6.45. The molecule has 136 valence electrons. The minimum atomic E-state index is -0.941. The smallest absolute Gasteiger partial charge is 0.335 e. The van der Waals surface area contributed by atoms with Crippen molar-refractivity contribution in [2.75, 3.05) is 19.6 Å². The summed E-state index contributed by atoms with van der Waals surface area (Å²) in [5.41, 5.74) is 1.25. The van der Waals surface area contributed by atoms with Crippen LogP contribution in [0.5, 0.6) is 0 Å². The van der Waals surface area contributed by atoms with E-state index in [0.717, 1.165) is 12.0 Å². The molecular formula is C19H26N2O4. The highest BCUT2D eigenvalue weighted by Gasteiger charge is 2.26.